The van der Waals surface area contributed by atoms with Gasteiger partial charge in [-0.15, -0.1) is 0 Å². The maximum Gasteiger partial charge on any atom is 0.248 e. The van der Waals surface area contributed by atoms with Crippen molar-refractivity contribution >= 4 is 20.9 Å². The minimum atomic E-state index is -4.02. The topological polar surface area (TPSA) is 64.8 Å². The van der Waals surface area contributed by atoms with E-state index in [4.69, 9.17) is 0 Å². The van der Waals surface area contributed by atoms with Crippen LogP contribution in [0.25, 0.3) is 22.3 Å². The zero-order valence-electron chi connectivity index (χ0n) is 15.2. The molecule has 2 heterocycles. The number of aromatic nitrogens is 3. The zero-order valence-corrected chi connectivity index (χ0v) is 16.0. The van der Waals surface area contributed by atoms with Crippen molar-refractivity contribution in [3.8, 4) is 11.4 Å². The van der Waals surface area contributed by atoms with E-state index in [0.29, 0.717) is 10.9 Å². The van der Waals surface area contributed by atoms with Gasteiger partial charge in [0.15, 0.2) is 11.6 Å². The summed E-state index contributed by atoms with van der Waals surface area (Å²) in [5, 5.41) is 0.339. The van der Waals surface area contributed by atoms with E-state index in [-0.39, 0.29) is 17.8 Å². The fourth-order valence-corrected chi connectivity index (χ4v) is 5.26. The highest BCUT2D eigenvalue weighted by atomic mass is 32.2. The quantitative estimate of drug-likeness (QED) is 0.659. The molecule has 0 fully saturated rings. The third kappa shape index (κ3) is 2.75. The van der Waals surface area contributed by atoms with Gasteiger partial charge in [0, 0.05) is 17.1 Å². The number of benzene rings is 1. The summed E-state index contributed by atoms with van der Waals surface area (Å²) >= 11 is 0. The Bertz CT molecular complexity index is 1240. The number of nitrogens with zero attached hydrogens (tertiary/aromatic N) is 3. The average molecular weight is 401 g/mol. The predicted molar refractivity (Wildman–Crippen MR) is 103 cm³/mol. The van der Waals surface area contributed by atoms with E-state index in [2.05, 4.69) is 9.97 Å². The van der Waals surface area contributed by atoms with Gasteiger partial charge in [-0.2, -0.15) is 0 Å². The van der Waals surface area contributed by atoms with Crippen LogP contribution in [0.3, 0.4) is 0 Å². The van der Waals surface area contributed by atoms with Crippen LogP contribution in [0.5, 0.6) is 0 Å². The van der Waals surface area contributed by atoms with Gasteiger partial charge in [0.2, 0.25) is 10.0 Å². The van der Waals surface area contributed by atoms with Crippen LogP contribution in [-0.4, -0.2) is 27.1 Å². The SMILES string of the molecule is CC1=CC(C)(S(=O)(=O)n2cc(-c3ncc(F)cn3)c3cccc(F)c32)CC=C1. The van der Waals surface area contributed by atoms with E-state index in [0.717, 1.165) is 21.9 Å². The first-order chi connectivity index (χ1) is 13.2. The fraction of sp³-hybridized carbons (Fsp3) is 0.200. The molecule has 4 rings (SSSR count). The van der Waals surface area contributed by atoms with Crippen molar-refractivity contribution in [1.82, 2.24) is 13.9 Å². The molecule has 1 aliphatic carbocycles. The monoisotopic (exact) mass is 401 g/mol. The van der Waals surface area contributed by atoms with Crippen molar-refractivity contribution in [2.45, 2.75) is 25.0 Å². The van der Waals surface area contributed by atoms with Crippen molar-refractivity contribution in [2.24, 2.45) is 0 Å². The predicted octanol–water partition coefficient (Wildman–Crippen LogP) is 4.22. The lowest BCUT2D eigenvalue weighted by molar-refractivity contribution is 0.552. The molecular formula is C20H17F2N3O2S. The van der Waals surface area contributed by atoms with Crippen LogP contribution in [0.1, 0.15) is 20.3 Å². The standard InChI is InChI=1S/C20H17F2N3O2S/c1-13-5-4-8-20(2,9-13)28(26,27)25-12-16(19-23-10-14(21)11-24-19)15-6-3-7-17(22)18(15)25/h3-7,9-12H,8H2,1-2H3. The summed E-state index contributed by atoms with van der Waals surface area (Å²) < 4.78 is 54.7. The van der Waals surface area contributed by atoms with Crippen molar-refractivity contribution < 1.29 is 17.2 Å². The fourth-order valence-electron chi connectivity index (χ4n) is 3.50. The third-order valence-corrected chi connectivity index (χ3v) is 7.16. The largest absolute Gasteiger partial charge is 0.248 e. The minimum absolute atomic E-state index is 0.0766. The highest BCUT2D eigenvalue weighted by Gasteiger charge is 2.40. The van der Waals surface area contributed by atoms with E-state index in [1.54, 1.807) is 25.1 Å². The van der Waals surface area contributed by atoms with Crippen LogP contribution in [0.4, 0.5) is 8.78 Å². The first-order valence-electron chi connectivity index (χ1n) is 8.61. The van der Waals surface area contributed by atoms with Crippen LogP contribution < -0.4 is 0 Å². The van der Waals surface area contributed by atoms with Crippen LogP contribution in [0.2, 0.25) is 0 Å². The molecule has 5 nitrogen and oxygen atoms in total. The summed E-state index contributed by atoms with van der Waals surface area (Å²) in [5.74, 6) is -1.18. The number of hydrogen-bond acceptors (Lipinski definition) is 4. The van der Waals surface area contributed by atoms with Gasteiger partial charge in [-0.05, 0) is 26.3 Å². The molecule has 0 N–H and O–H groups in total. The number of para-hydroxylation sites is 1. The number of hydrogen-bond donors (Lipinski definition) is 0. The Morgan fingerprint density at radius 1 is 1.18 bits per heavy atom. The van der Waals surface area contributed by atoms with Gasteiger partial charge >= 0.3 is 0 Å². The summed E-state index contributed by atoms with van der Waals surface area (Å²) in [6.07, 6.45) is 8.86. The summed E-state index contributed by atoms with van der Waals surface area (Å²) in [6, 6.07) is 4.28. The lowest BCUT2D eigenvalue weighted by Crippen LogP contribution is -2.38. The normalized spacial score (nSPS) is 19.8. The molecule has 0 radical (unpaired) electrons. The minimum Gasteiger partial charge on any atom is -0.241 e. The molecule has 3 aromatic rings. The molecule has 1 atom stereocenters. The molecule has 28 heavy (non-hydrogen) atoms. The second-order valence-corrected chi connectivity index (χ2v) is 9.29. The second kappa shape index (κ2) is 6.34. The van der Waals surface area contributed by atoms with Gasteiger partial charge < -0.3 is 0 Å². The molecule has 0 saturated carbocycles. The Hall–Kier alpha value is -2.87. The second-order valence-electron chi connectivity index (χ2n) is 7.01. The molecule has 8 heteroatoms. The number of allylic oxidation sites excluding steroid dienone is 3. The van der Waals surface area contributed by atoms with Gasteiger partial charge in [-0.3, -0.25) is 0 Å². The Balaban J connectivity index is 2.00. The summed E-state index contributed by atoms with van der Waals surface area (Å²) in [5.41, 5.74) is 1.05. The van der Waals surface area contributed by atoms with Crippen molar-refractivity contribution in [1.29, 1.82) is 0 Å². The molecular weight excluding hydrogens is 384 g/mol. The Morgan fingerprint density at radius 3 is 2.57 bits per heavy atom. The Kier molecular flexibility index (Phi) is 4.19. The molecule has 1 unspecified atom stereocenters. The van der Waals surface area contributed by atoms with Gasteiger partial charge in [-0.1, -0.05) is 35.9 Å². The molecule has 0 spiro atoms. The van der Waals surface area contributed by atoms with Gasteiger partial charge in [-0.25, -0.2) is 31.1 Å². The van der Waals surface area contributed by atoms with Crippen LogP contribution in [0, 0.1) is 11.6 Å². The van der Waals surface area contributed by atoms with Crippen molar-refractivity contribution in [2.75, 3.05) is 0 Å². The smallest absolute Gasteiger partial charge is 0.241 e. The number of rotatable bonds is 3. The maximum absolute atomic E-state index is 14.7. The first kappa shape index (κ1) is 18.5. The highest BCUT2D eigenvalue weighted by Crippen LogP contribution is 2.37. The van der Waals surface area contributed by atoms with E-state index < -0.39 is 26.4 Å². The van der Waals surface area contributed by atoms with Crippen LogP contribution in [-0.2, 0) is 10.0 Å². The molecule has 0 amide bonds. The summed E-state index contributed by atoms with van der Waals surface area (Å²) in [7, 11) is -4.02. The van der Waals surface area contributed by atoms with Gasteiger partial charge in [0.05, 0.1) is 12.4 Å². The molecule has 0 saturated heterocycles. The lowest BCUT2D eigenvalue weighted by atomic mass is 9.98. The maximum atomic E-state index is 14.7. The van der Waals surface area contributed by atoms with Crippen molar-refractivity contribution in [3.05, 3.63) is 72.2 Å². The van der Waals surface area contributed by atoms with Crippen LogP contribution in [0.15, 0.2) is 60.6 Å². The lowest BCUT2D eigenvalue weighted by Gasteiger charge is -2.28. The summed E-state index contributed by atoms with van der Waals surface area (Å²) in [4.78, 5) is 7.85. The zero-order chi connectivity index (χ0) is 20.1. The van der Waals surface area contributed by atoms with Crippen LogP contribution >= 0.6 is 0 Å². The molecule has 1 aromatic carbocycles. The molecule has 144 valence electrons. The molecule has 0 bridgehead atoms. The Morgan fingerprint density at radius 2 is 1.89 bits per heavy atom. The third-order valence-electron chi connectivity index (χ3n) is 4.89. The van der Waals surface area contributed by atoms with E-state index in [9.17, 15) is 17.2 Å². The molecule has 0 aliphatic heterocycles. The van der Waals surface area contributed by atoms with Crippen molar-refractivity contribution in [3.63, 3.8) is 0 Å². The average Bonchev–Trinajstić information content (AvgIpc) is 3.04. The van der Waals surface area contributed by atoms with E-state index in [1.807, 2.05) is 13.0 Å². The number of halogens is 2. The number of fused-ring (bicyclic) bond motifs is 1. The first-order valence-corrected chi connectivity index (χ1v) is 10.1. The highest BCUT2D eigenvalue weighted by molar-refractivity contribution is 7.91. The van der Waals surface area contributed by atoms with Gasteiger partial charge in [0.1, 0.15) is 16.1 Å². The Labute approximate surface area is 161 Å². The molecule has 2 aromatic heterocycles. The molecule has 1 aliphatic rings. The van der Waals surface area contributed by atoms with E-state index >= 15 is 0 Å². The summed E-state index contributed by atoms with van der Waals surface area (Å²) in [6.45, 7) is 3.42. The van der Waals surface area contributed by atoms with E-state index in [1.165, 1.54) is 18.3 Å². The van der Waals surface area contributed by atoms with Gasteiger partial charge in [0.25, 0.3) is 0 Å².